The zero-order chi connectivity index (χ0) is 5.98. The fraction of sp³-hybridized carbons (Fsp3) is 0.167. The molecule has 1 atom stereocenters. The summed E-state index contributed by atoms with van der Waals surface area (Å²) >= 11 is 1.57. The van der Waals surface area contributed by atoms with Gasteiger partial charge in [0.25, 0.3) is 0 Å². The van der Waals surface area contributed by atoms with Gasteiger partial charge in [0.2, 0.25) is 0 Å². The van der Waals surface area contributed by atoms with Crippen molar-refractivity contribution in [3.8, 4) is 0 Å². The molecule has 0 fully saturated rings. The predicted molar refractivity (Wildman–Crippen MR) is 37.2 cm³/mol. The monoisotopic (exact) mass is 169 g/mol. The first-order valence-corrected chi connectivity index (χ1v) is 3.68. The van der Waals surface area contributed by atoms with Gasteiger partial charge in [-0.3, -0.25) is 0 Å². The van der Waals surface area contributed by atoms with Crippen LogP contribution in [0.1, 0.15) is 5.56 Å². The fourth-order valence-corrected chi connectivity index (χ4v) is 1.29. The minimum absolute atomic E-state index is 1.15. The van der Waals surface area contributed by atoms with Crippen LogP contribution in [0.4, 0.5) is 0 Å². The molecular formula is C6H8AsN. The third kappa shape index (κ3) is 1.34. The molecule has 0 bridgehead atoms. The van der Waals surface area contributed by atoms with Crippen molar-refractivity contribution >= 4 is 21.3 Å². The van der Waals surface area contributed by atoms with Crippen molar-refractivity contribution in [3.05, 3.63) is 23.9 Å². The molecule has 0 saturated heterocycles. The van der Waals surface area contributed by atoms with Gasteiger partial charge < -0.3 is 0 Å². The van der Waals surface area contributed by atoms with Crippen LogP contribution in [0.15, 0.2) is 18.3 Å². The number of rotatable bonds is 0. The van der Waals surface area contributed by atoms with Crippen LogP contribution in [0, 0.1) is 6.92 Å². The molecule has 1 aromatic rings. The van der Waals surface area contributed by atoms with E-state index in [0.29, 0.717) is 0 Å². The van der Waals surface area contributed by atoms with E-state index in [9.17, 15) is 0 Å². The van der Waals surface area contributed by atoms with Crippen LogP contribution in [0.2, 0.25) is 0 Å². The standard InChI is InChI=1S/C6H8AsN/c1-5-2-3-8-6(7)4-5/h2-4H,7H2,1H3. The van der Waals surface area contributed by atoms with E-state index in [2.05, 4.69) is 18.0 Å². The van der Waals surface area contributed by atoms with Gasteiger partial charge in [0, 0.05) is 0 Å². The summed E-state index contributed by atoms with van der Waals surface area (Å²) in [5.74, 6) is 0. The van der Waals surface area contributed by atoms with Crippen LogP contribution >= 0.6 is 0 Å². The Bertz CT molecular complexity index is 168. The SMILES string of the molecule is Cc1ccnc([AsH2])c1. The van der Waals surface area contributed by atoms with Crippen LogP contribution in [0.25, 0.3) is 0 Å². The van der Waals surface area contributed by atoms with Crippen molar-refractivity contribution in [2.45, 2.75) is 6.92 Å². The Morgan fingerprint density at radius 2 is 2.38 bits per heavy atom. The molecule has 42 valence electrons. The van der Waals surface area contributed by atoms with Crippen molar-refractivity contribution in [3.63, 3.8) is 0 Å². The van der Waals surface area contributed by atoms with E-state index in [-0.39, 0.29) is 0 Å². The summed E-state index contributed by atoms with van der Waals surface area (Å²) in [6.07, 6.45) is 1.84. The van der Waals surface area contributed by atoms with Crippen molar-refractivity contribution < 1.29 is 0 Å². The Morgan fingerprint density at radius 1 is 1.62 bits per heavy atom. The molecular weight excluding hydrogens is 161 g/mol. The van der Waals surface area contributed by atoms with Gasteiger partial charge in [-0.1, -0.05) is 0 Å². The first-order chi connectivity index (χ1) is 3.79. The molecule has 1 aromatic heterocycles. The summed E-state index contributed by atoms with van der Waals surface area (Å²) in [4.78, 5) is 4.07. The third-order valence-electron chi connectivity index (χ3n) is 0.937. The Balaban J connectivity index is 3.08. The fourth-order valence-electron chi connectivity index (χ4n) is 0.560. The van der Waals surface area contributed by atoms with Crippen LogP contribution < -0.4 is 4.48 Å². The summed E-state index contributed by atoms with van der Waals surface area (Å²) < 4.78 is 1.15. The molecule has 1 heterocycles. The molecule has 0 radical (unpaired) electrons. The van der Waals surface area contributed by atoms with Gasteiger partial charge in [0.15, 0.2) is 0 Å². The summed E-state index contributed by atoms with van der Waals surface area (Å²) in [7, 11) is 0. The second kappa shape index (κ2) is 2.32. The summed E-state index contributed by atoms with van der Waals surface area (Å²) in [5.41, 5.74) is 1.29. The van der Waals surface area contributed by atoms with E-state index in [1.54, 1.807) is 16.9 Å². The quantitative estimate of drug-likeness (QED) is 0.483. The minimum atomic E-state index is 1.15. The zero-order valence-corrected chi connectivity index (χ0v) is 7.18. The number of hydrogen-bond acceptors (Lipinski definition) is 1. The maximum absolute atomic E-state index is 4.07. The van der Waals surface area contributed by atoms with Gasteiger partial charge in [-0.2, -0.15) is 0 Å². The Labute approximate surface area is 57.6 Å². The molecule has 8 heavy (non-hydrogen) atoms. The van der Waals surface area contributed by atoms with Gasteiger partial charge in [-0.25, -0.2) is 0 Å². The Kier molecular flexibility index (Phi) is 1.69. The number of nitrogens with zero attached hydrogens (tertiary/aromatic N) is 1. The molecule has 0 aliphatic heterocycles. The van der Waals surface area contributed by atoms with E-state index >= 15 is 0 Å². The van der Waals surface area contributed by atoms with Crippen molar-refractivity contribution in [1.82, 2.24) is 4.98 Å². The molecule has 0 spiro atoms. The van der Waals surface area contributed by atoms with Gasteiger partial charge in [0.1, 0.15) is 0 Å². The van der Waals surface area contributed by atoms with Crippen LogP contribution in [-0.4, -0.2) is 21.8 Å². The van der Waals surface area contributed by atoms with Crippen molar-refractivity contribution in [2.24, 2.45) is 0 Å². The number of aromatic nitrogens is 1. The Hall–Kier alpha value is -0.292. The van der Waals surface area contributed by atoms with E-state index in [0.717, 1.165) is 4.48 Å². The average molecular weight is 169 g/mol. The Morgan fingerprint density at radius 3 is 2.75 bits per heavy atom. The molecule has 1 nitrogen and oxygen atoms in total. The predicted octanol–water partition coefficient (Wildman–Crippen LogP) is -0.352. The average Bonchev–Trinajstić information content (AvgIpc) is 1.64. The van der Waals surface area contributed by atoms with E-state index < -0.39 is 0 Å². The van der Waals surface area contributed by atoms with E-state index in [1.165, 1.54) is 5.56 Å². The van der Waals surface area contributed by atoms with E-state index in [1.807, 2.05) is 12.3 Å². The molecule has 0 aliphatic carbocycles. The molecule has 0 saturated carbocycles. The van der Waals surface area contributed by atoms with Crippen LogP contribution in [0.3, 0.4) is 0 Å². The van der Waals surface area contributed by atoms with Gasteiger partial charge in [-0.15, -0.1) is 0 Å². The van der Waals surface area contributed by atoms with Crippen molar-refractivity contribution in [1.29, 1.82) is 0 Å². The molecule has 0 amide bonds. The summed E-state index contributed by atoms with van der Waals surface area (Å²) in [6, 6.07) is 4.09. The molecule has 0 N–H and O–H groups in total. The summed E-state index contributed by atoms with van der Waals surface area (Å²) in [6.45, 7) is 2.07. The zero-order valence-electron chi connectivity index (χ0n) is 4.76. The molecule has 2 heteroatoms. The maximum atomic E-state index is 4.07. The van der Waals surface area contributed by atoms with Gasteiger partial charge >= 0.3 is 57.1 Å². The first-order valence-electron chi connectivity index (χ1n) is 2.47. The molecule has 1 unspecified atom stereocenters. The second-order valence-electron chi connectivity index (χ2n) is 1.76. The normalized spacial score (nSPS) is 9.25. The van der Waals surface area contributed by atoms with Crippen LogP contribution in [0.5, 0.6) is 0 Å². The number of hydrogen-bond donors (Lipinski definition) is 0. The second-order valence-corrected chi connectivity index (χ2v) is 3.00. The molecule has 0 aliphatic rings. The molecule has 0 aromatic carbocycles. The number of pyridine rings is 1. The van der Waals surface area contributed by atoms with Gasteiger partial charge in [-0.05, 0) is 0 Å². The molecule has 1 rings (SSSR count). The van der Waals surface area contributed by atoms with Crippen molar-refractivity contribution in [2.75, 3.05) is 0 Å². The van der Waals surface area contributed by atoms with Gasteiger partial charge in [0.05, 0.1) is 0 Å². The van der Waals surface area contributed by atoms with Crippen LogP contribution in [-0.2, 0) is 0 Å². The third-order valence-corrected chi connectivity index (χ3v) is 1.60. The topological polar surface area (TPSA) is 12.9 Å². The summed E-state index contributed by atoms with van der Waals surface area (Å²) in [5, 5.41) is 0. The van der Waals surface area contributed by atoms with E-state index in [4.69, 9.17) is 0 Å². The first kappa shape index (κ1) is 5.84. The number of aryl methyl sites for hydroxylation is 1.